The van der Waals surface area contributed by atoms with Gasteiger partial charge < -0.3 is 21.1 Å². The second kappa shape index (κ2) is 11.7. The van der Waals surface area contributed by atoms with Gasteiger partial charge in [-0.15, -0.1) is 12.4 Å². The van der Waals surface area contributed by atoms with Gasteiger partial charge in [-0.2, -0.15) is 0 Å². The summed E-state index contributed by atoms with van der Waals surface area (Å²) in [6.45, 7) is 1.06. The number of nitrogens with one attached hydrogen (secondary N) is 2. The molecule has 0 saturated heterocycles. The smallest absolute Gasteiger partial charge is 0.255 e. The summed E-state index contributed by atoms with van der Waals surface area (Å²) in [5.41, 5.74) is 5.48. The molecule has 0 spiro atoms. The van der Waals surface area contributed by atoms with E-state index in [2.05, 4.69) is 10.6 Å². The summed E-state index contributed by atoms with van der Waals surface area (Å²) in [5, 5.41) is 6.40. The van der Waals surface area contributed by atoms with Gasteiger partial charge in [-0.3, -0.25) is 9.59 Å². The van der Waals surface area contributed by atoms with Gasteiger partial charge in [-0.1, -0.05) is 37.8 Å². The fourth-order valence-electron chi connectivity index (χ4n) is 2.96. The zero-order valence-electron chi connectivity index (χ0n) is 14.5. The molecule has 7 heteroatoms. The van der Waals surface area contributed by atoms with Crippen LogP contribution < -0.4 is 21.1 Å². The molecular weight excluding hydrogens is 342 g/mol. The van der Waals surface area contributed by atoms with Crippen LogP contribution >= 0.6 is 12.4 Å². The van der Waals surface area contributed by atoms with Crippen LogP contribution in [0.2, 0.25) is 0 Å². The van der Waals surface area contributed by atoms with Gasteiger partial charge in [0.1, 0.15) is 5.75 Å². The predicted molar refractivity (Wildman–Crippen MR) is 100 cm³/mol. The molecule has 4 N–H and O–H groups in total. The first-order chi connectivity index (χ1) is 11.7. The van der Waals surface area contributed by atoms with Crippen LogP contribution in [0.5, 0.6) is 5.75 Å². The Morgan fingerprint density at radius 3 is 2.44 bits per heavy atom. The summed E-state index contributed by atoms with van der Waals surface area (Å²) in [4.78, 5) is 23.1. The van der Waals surface area contributed by atoms with Crippen LogP contribution in [0.4, 0.5) is 0 Å². The van der Waals surface area contributed by atoms with Gasteiger partial charge in [0.05, 0.1) is 5.56 Å². The summed E-state index contributed by atoms with van der Waals surface area (Å²) >= 11 is 0. The van der Waals surface area contributed by atoms with Crippen LogP contribution in [0.25, 0.3) is 0 Å². The highest BCUT2D eigenvalue weighted by molar-refractivity contribution is 5.97. The van der Waals surface area contributed by atoms with Crippen LogP contribution in [0.1, 0.15) is 48.9 Å². The van der Waals surface area contributed by atoms with E-state index >= 15 is 0 Å². The van der Waals surface area contributed by atoms with Gasteiger partial charge >= 0.3 is 0 Å². The molecule has 140 valence electrons. The van der Waals surface area contributed by atoms with Crippen molar-refractivity contribution in [2.45, 2.75) is 44.6 Å². The molecule has 1 aliphatic rings. The van der Waals surface area contributed by atoms with Crippen molar-refractivity contribution < 1.29 is 14.3 Å². The van der Waals surface area contributed by atoms with E-state index in [-0.39, 0.29) is 24.9 Å². The number of carbonyl (C=O) groups is 2. The minimum absolute atomic E-state index is 0. The van der Waals surface area contributed by atoms with E-state index in [4.69, 9.17) is 10.5 Å². The van der Waals surface area contributed by atoms with Crippen molar-refractivity contribution in [3.63, 3.8) is 0 Å². The summed E-state index contributed by atoms with van der Waals surface area (Å²) < 4.78 is 5.28. The van der Waals surface area contributed by atoms with Crippen LogP contribution in [-0.2, 0) is 4.79 Å². The monoisotopic (exact) mass is 369 g/mol. The first kappa shape index (κ1) is 21.3. The summed E-state index contributed by atoms with van der Waals surface area (Å²) in [7, 11) is 0. The Bertz CT molecular complexity index is 546. The van der Waals surface area contributed by atoms with E-state index in [1.54, 1.807) is 24.3 Å². The Kier molecular flexibility index (Phi) is 9.96. The molecular formula is C18H28ClN3O3. The Balaban J connectivity index is 0.00000312. The number of amides is 2. The first-order valence-corrected chi connectivity index (χ1v) is 8.68. The lowest BCUT2D eigenvalue weighted by molar-refractivity contribution is -0.119. The molecule has 6 nitrogen and oxygen atoms in total. The maximum Gasteiger partial charge on any atom is 0.255 e. The van der Waals surface area contributed by atoms with Crippen molar-refractivity contribution in [1.82, 2.24) is 10.6 Å². The first-order valence-electron chi connectivity index (χ1n) is 8.68. The molecule has 0 bridgehead atoms. The lowest BCUT2D eigenvalue weighted by Gasteiger charge is -2.16. The Hall–Kier alpha value is -1.79. The minimum Gasteiger partial charge on any atom is -0.483 e. The average Bonchev–Trinajstić information content (AvgIpc) is 2.85. The molecule has 0 heterocycles. The van der Waals surface area contributed by atoms with Gasteiger partial charge in [-0.25, -0.2) is 0 Å². The normalized spacial score (nSPS) is 14.9. The standard InChI is InChI=1S/C18H27N3O3.ClH/c19-17(22)13-24-16-10-6-5-9-15(16)18(23)21-12-11-20-14-7-3-1-2-4-8-14;/h5-6,9-10,14,20H,1-4,7-8,11-13H2,(H2,19,22)(H,21,23);1H. The van der Waals surface area contributed by atoms with E-state index in [0.717, 1.165) is 6.54 Å². The second-order valence-electron chi connectivity index (χ2n) is 6.15. The third kappa shape index (κ3) is 7.75. The predicted octanol–water partition coefficient (Wildman–Crippen LogP) is 2.01. The molecule has 0 atom stereocenters. The number of hydrogen-bond acceptors (Lipinski definition) is 4. The number of halogens is 1. The maximum absolute atomic E-state index is 12.3. The lowest BCUT2D eigenvalue weighted by Crippen LogP contribution is -2.37. The number of rotatable bonds is 8. The molecule has 25 heavy (non-hydrogen) atoms. The van der Waals surface area contributed by atoms with Crippen LogP contribution in [0.15, 0.2) is 24.3 Å². The van der Waals surface area contributed by atoms with Crippen molar-refractivity contribution in [2.75, 3.05) is 19.7 Å². The third-order valence-electron chi connectivity index (χ3n) is 4.20. The number of nitrogens with two attached hydrogens (primary N) is 1. The highest BCUT2D eigenvalue weighted by Gasteiger charge is 2.13. The molecule has 0 radical (unpaired) electrons. The second-order valence-corrected chi connectivity index (χ2v) is 6.15. The maximum atomic E-state index is 12.3. The fraction of sp³-hybridized carbons (Fsp3) is 0.556. The van der Waals surface area contributed by atoms with Crippen LogP contribution in [-0.4, -0.2) is 37.6 Å². The molecule has 1 fully saturated rings. The molecule has 0 aliphatic heterocycles. The largest absolute Gasteiger partial charge is 0.483 e. The Labute approximate surface area is 155 Å². The van der Waals surface area contributed by atoms with Gasteiger partial charge in [0.2, 0.25) is 0 Å². The Morgan fingerprint density at radius 1 is 1.08 bits per heavy atom. The van der Waals surface area contributed by atoms with Crippen molar-refractivity contribution in [1.29, 1.82) is 0 Å². The number of para-hydroxylation sites is 1. The van der Waals surface area contributed by atoms with Gasteiger partial charge in [0.15, 0.2) is 6.61 Å². The lowest BCUT2D eigenvalue weighted by atomic mass is 10.1. The molecule has 1 aliphatic carbocycles. The van der Waals surface area contributed by atoms with Gasteiger partial charge in [-0.05, 0) is 25.0 Å². The molecule has 1 aromatic rings. The molecule has 2 amide bonds. The van der Waals surface area contributed by atoms with E-state index in [1.807, 2.05) is 0 Å². The molecule has 1 saturated carbocycles. The van der Waals surface area contributed by atoms with Gasteiger partial charge in [0.25, 0.3) is 11.8 Å². The highest BCUT2D eigenvalue weighted by Crippen LogP contribution is 2.18. The molecule has 1 aromatic carbocycles. The zero-order valence-corrected chi connectivity index (χ0v) is 15.3. The van der Waals surface area contributed by atoms with Crippen LogP contribution in [0, 0.1) is 0 Å². The fourth-order valence-corrected chi connectivity index (χ4v) is 2.96. The quantitative estimate of drug-likeness (QED) is 0.482. The number of benzene rings is 1. The van der Waals surface area contributed by atoms with Crippen LogP contribution in [0.3, 0.4) is 0 Å². The number of ether oxygens (including phenoxy) is 1. The van der Waals surface area contributed by atoms with Crippen molar-refractivity contribution in [3.05, 3.63) is 29.8 Å². The zero-order chi connectivity index (χ0) is 17.2. The summed E-state index contributed by atoms with van der Waals surface area (Å²) in [6.07, 6.45) is 7.67. The summed E-state index contributed by atoms with van der Waals surface area (Å²) in [5.74, 6) is -0.416. The van der Waals surface area contributed by atoms with E-state index in [0.29, 0.717) is 23.9 Å². The number of primary amides is 1. The van der Waals surface area contributed by atoms with Crippen molar-refractivity contribution >= 4 is 24.2 Å². The van der Waals surface area contributed by atoms with Gasteiger partial charge in [0, 0.05) is 19.1 Å². The number of hydrogen-bond donors (Lipinski definition) is 3. The number of carbonyl (C=O) groups excluding carboxylic acids is 2. The average molecular weight is 370 g/mol. The van der Waals surface area contributed by atoms with Crippen molar-refractivity contribution in [2.24, 2.45) is 5.73 Å². The van der Waals surface area contributed by atoms with E-state index in [9.17, 15) is 9.59 Å². The SMILES string of the molecule is Cl.NC(=O)COc1ccccc1C(=O)NCCNC1CCCCCC1. The van der Waals surface area contributed by atoms with E-state index < -0.39 is 5.91 Å². The Morgan fingerprint density at radius 2 is 1.76 bits per heavy atom. The van der Waals surface area contributed by atoms with E-state index in [1.165, 1.54) is 38.5 Å². The highest BCUT2D eigenvalue weighted by atomic mass is 35.5. The van der Waals surface area contributed by atoms with Crippen molar-refractivity contribution in [3.8, 4) is 5.75 Å². The summed E-state index contributed by atoms with van der Waals surface area (Å²) in [6, 6.07) is 7.40. The topological polar surface area (TPSA) is 93.5 Å². The molecule has 2 rings (SSSR count). The minimum atomic E-state index is -0.571. The molecule has 0 unspecified atom stereocenters. The molecule has 0 aromatic heterocycles. The third-order valence-corrected chi connectivity index (χ3v) is 4.20.